The molecule has 2 heterocycles. The summed E-state index contributed by atoms with van der Waals surface area (Å²) in [4.78, 5) is 30.5. The number of aliphatic hydroxyl groups excluding tert-OH is 2. The topological polar surface area (TPSA) is 96.7 Å². The summed E-state index contributed by atoms with van der Waals surface area (Å²) in [5.74, 6) is -2.91. The molecule has 1 saturated carbocycles. The van der Waals surface area contributed by atoms with Gasteiger partial charge in [0.15, 0.2) is 0 Å². The van der Waals surface area contributed by atoms with Crippen molar-refractivity contribution in [1.29, 1.82) is 0 Å². The molecule has 6 nitrogen and oxygen atoms in total. The lowest BCUT2D eigenvalue weighted by Gasteiger charge is -2.34. The molecule has 0 bridgehead atoms. The first-order chi connectivity index (χ1) is 17.5. The second-order valence-corrected chi connectivity index (χ2v) is 12.5. The smallest absolute Gasteiger partial charge is 0.412 e. The van der Waals surface area contributed by atoms with E-state index in [2.05, 4.69) is 4.98 Å². The Hall–Kier alpha value is -2.04. The molecule has 0 radical (unpaired) electrons. The predicted octanol–water partition coefficient (Wildman–Crippen LogP) is 5.66. The number of rotatable bonds is 2. The number of nitrogens with zero attached hydrogens (tertiary/aromatic N) is 1. The average Bonchev–Trinajstić information content (AvgIpc) is 3.48. The SMILES string of the molecule is C/C(=C\c1csc(C)n1)[C@@H]1C/C=C(/C(F)(F)F)C[C@@H]2C[C@@H]2[C@H](C)[C@H](O)[C@@H](C)C(=O)C(C)(C)[C@@H](O)CC(=O)O1. The molecule has 1 aliphatic carbocycles. The molecule has 3 rings (SSSR count). The van der Waals surface area contributed by atoms with E-state index >= 15 is 0 Å². The van der Waals surface area contributed by atoms with E-state index in [0.717, 1.165) is 11.1 Å². The summed E-state index contributed by atoms with van der Waals surface area (Å²) >= 11 is 1.42. The second-order valence-electron chi connectivity index (χ2n) is 11.4. The summed E-state index contributed by atoms with van der Waals surface area (Å²) in [7, 11) is 0. The van der Waals surface area contributed by atoms with Crippen LogP contribution in [-0.2, 0) is 14.3 Å². The Balaban J connectivity index is 1.98. The summed E-state index contributed by atoms with van der Waals surface area (Å²) in [6.07, 6.45) is -5.66. The minimum Gasteiger partial charge on any atom is -0.457 e. The number of carbonyl (C=O) groups excluding carboxylic acids is 2. The molecule has 0 spiro atoms. The molecule has 1 aliphatic heterocycles. The van der Waals surface area contributed by atoms with Gasteiger partial charge in [-0.2, -0.15) is 13.2 Å². The van der Waals surface area contributed by atoms with Crippen molar-refractivity contribution in [3.05, 3.63) is 33.3 Å². The molecular formula is C28H38F3NO5S. The molecule has 1 fully saturated rings. The first-order valence-corrected chi connectivity index (χ1v) is 13.9. The van der Waals surface area contributed by atoms with Crippen LogP contribution >= 0.6 is 11.3 Å². The number of fused-ring (bicyclic) bond motifs is 1. The lowest BCUT2D eigenvalue weighted by Crippen LogP contribution is -2.46. The molecule has 2 aliphatic rings. The fraction of sp³-hybridized carbons (Fsp3) is 0.679. The van der Waals surface area contributed by atoms with Gasteiger partial charge in [0.2, 0.25) is 0 Å². The number of hydrogen-bond acceptors (Lipinski definition) is 7. The molecule has 0 unspecified atom stereocenters. The highest BCUT2D eigenvalue weighted by Gasteiger charge is 2.49. The number of halogens is 3. The van der Waals surface area contributed by atoms with Crippen molar-refractivity contribution in [3.8, 4) is 0 Å². The fourth-order valence-corrected chi connectivity index (χ4v) is 5.90. The number of aryl methyl sites for hydroxylation is 1. The predicted molar refractivity (Wildman–Crippen MR) is 139 cm³/mol. The van der Waals surface area contributed by atoms with E-state index in [1.54, 1.807) is 32.2 Å². The van der Waals surface area contributed by atoms with E-state index in [0.29, 0.717) is 17.7 Å². The zero-order valence-corrected chi connectivity index (χ0v) is 23.5. The molecule has 0 amide bonds. The van der Waals surface area contributed by atoms with Crippen LogP contribution in [0.15, 0.2) is 22.6 Å². The number of ketones is 1. The number of Topliss-reactive ketones (excluding diaryl/α,β-unsaturated/α-hetero) is 1. The number of thiazole rings is 1. The Bertz CT molecular complexity index is 1090. The molecule has 0 aromatic carbocycles. The number of cyclic esters (lactones) is 1. The molecule has 0 saturated heterocycles. The highest BCUT2D eigenvalue weighted by molar-refractivity contribution is 7.09. The van der Waals surface area contributed by atoms with Crippen molar-refractivity contribution in [1.82, 2.24) is 4.98 Å². The van der Waals surface area contributed by atoms with Gasteiger partial charge in [-0.3, -0.25) is 9.59 Å². The number of aliphatic hydroxyl groups is 2. The van der Waals surface area contributed by atoms with Gasteiger partial charge in [0.25, 0.3) is 0 Å². The maximum Gasteiger partial charge on any atom is 0.412 e. The number of carbonyl (C=O) groups is 2. The number of allylic oxidation sites excluding steroid dienone is 1. The number of alkyl halides is 3. The van der Waals surface area contributed by atoms with Crippen molar-refractivity contribution >= 4 is 29.2 Å². The summed E-state index contributed by atoms with van der Waals surface area (Å²) in [5, 5.41) is 24.4. The number of ether oxygens (including phenoxy) is 1. The van der Waals surface area contributed by atoms with Gasteiger partial charge in [-0.1, -0.05) is 33.8 Å². The van der Waals surface area contributed by atoms with Crippen LogP contribution in [0.2, 0.25) is 0 Å². The first-order valence-electron chi connectivity index (χ1n) is 13.0. The first kappa shape index (κ1) is 30.5. The van der Waals surface area contributed by atoms with E-state index in [4.69, 9.17) is 4.74 Å². The van der Waals surface area contributed by atoms with Crippen LogP contribution in [0.5, 0.6) is 0 Å². The van der Waals surface area contributed by atoms with Crippen LogP contribution in [0, 0.1) is 36.0 Å². The molecule has 212 valence electrons. The largest absolute Gasteiger partial charge is 0.457 e. The Kier molecular flexibility index (Phi) is 9.31. The minimum atomic E-state index is -4.55. The highest BCUT2D eigenvalue weighted by Crippen LogP contribution is 2.51. The van der Waals surface area contributed by atoms with Gasteiger partial charge in [0, 0.05) is 23.3 Å². The third-order valence-corrected chi connectivity index (χ3v) is 8.96. The average molecular weight is 558 g/mol. The lowest BCUT2D eigenvalue weighted by atomic mass is 9.72. The molecule has 1 aromatic rings. The monoisotopic (exact) mass is 557 g/mol. The van der Waals surface area contributed by atoms with Crippen LogP contribution in [0.25, 0.3) is 6.08 Å². The molecule has 38 heavy (non-hydrogen) atoms. The van der Waals surface area contributed by atoms with Gasteiger partial charge >= 0.3 is 12.1 Å². The van der Waals surface area contributed by atoms with Crippen LogP contribution < -0.4 is 0 Å². The zero-order chi connectivity index (χ0) is 28.6. The van der Waals surface area contributed by atoms with Gasteiger partial charge in [-0.25, -0.2) is 4.98 Å². The second kappa shape index (κ2) is 11.6. The van der Waals surface area contributed by atoms with Gasteiger partial charge in [-0.15, -0.1) is 11.3 Å². The van der Waals surface area contributed by atoms with E-state index in [-0.39, 0.29) is 24.7 Å². The molecular weight excluding hydrogens is 519 g/mol. The van der Waals surface area contributed by atoms with Crippen LogP contribution in [0.3, 0.4) is 0 Å². The summed E-state index contributed by atoms with van der Waals surface area (Å²) in [5.41, 5.74) is -0.909. The quantitative estimate of drug-likeness (QED) is 0.360. The fourth-order valence-electron chi connectivity index (χ4n) is 5.33. The van der Waals surface area contributed by atoms with E-state index < -0.39 is 65.5 Å². The van der Waals surface area contributed by atoms with E-state index in [9.17, 15) is 33.0 Å². The summed E-state index contributed by atoms with van der Waals surface area (Å²) < 4.78 is 47.5. The molecule has 7 atom stereocenters. The normalized spacial score (nSPS) is 35.2. The maximum absolute atomic E-state index is 14.0. The van der Waals surface area contributed by atoms with Crippen molar-refractivity contribution in [3.63, 3.8) is 0 Å². The number of hydrogen-bond donors (Lipinski definition) is 2. The van der Waals surface area contributed by atoms with Crippen molar-refractivity contribution in [2.75, 3.05) is 0 Å². The minimum absolute atomic E-state index is 0.143. The third kappa shape index (κ3) is 7.12. The van der Waals surface area contributed by atoms with Gasteiger partial charge < -0.3 is 14.9 Å². The van der Waals surface area contributed by atoms with Crippen molar-refractivity contribution in [2.24, 2.45) is 29.1 Å². The third-order valence-electron chi connectivity index (χ3n) is 8.16. The molecule has 2 N–H and O–H groups in total. The molecule has 10 heteroatoms. The van der Waals surface area contributed by atoms with Gasteiger partial charge in [0.1, 0.15) is 11.9 Å². The van der Waals surface area contributed by atoms with Crippen LogP contribution in [0.4, 0.5) is 13.2 Å². The number of esters is 1. The van der Waals surface area contributed by atoms with Gasteiger partial charge in [-0.05, 0) is 56.1 Å². The Morgan fingerprint density at radius 3 is 2.45 bits per heavy atom. The molecule has 1 aromatic heterocycles. The summed E-state index contributed by atoms with van der Waals surface area (Å²) in [6.45, 7) is 9.86. The van der Waals surface area contributed by atoms with Crippen molar-refractivity contribution < 1.29 is 37.7 Å². The number of aromatic nitrogens is 1. The van der Waals surface area contributed by atoms with Crippen LogP contribution in [-0.4, -0.2) is 51.4 Å². The zero-order valence-electron chi connectivity index (χ0n) is 22.7. The Morgan fingerprint density at radius 2 is 1.87 bits per heavy atom. The van der Waals surface area contributed by atoms with Gasteiger partial charge in [0.05, 0.1) is 34.7 Å². The van der Waals surface area contributed by atoms with Crippen LogP contribution in [0.1, 0.15) is 71.0 Å². The Labute approximate surface area is 226 Å². The Morgan fingerprint density at radius 1 is 1.21 bits per heavy atom. The van der Waals surface area contributed by atoms with E-state index in [1.165, 1.54) is 25.2 Å². The van der Waals surface area contributed by atoms with E-state index in [1.807, 2.05) is 6.92 Å². The summed E-state index contributed by atoms with van der Waals surface area (Å²) in [6, 6.07) is 0. The standard InChI is InChI=1S/C28H38F3NO5S/c1-14(9-20-13-38-17(4)32-20)22-8-7-19(28(29,30)31)10-18-11-21(18)15(2)25(35)16(3)26(36)27(5,6)23(33)12-24(34)37-22/h7,9,13,15-16,18,21-23,25,33,35H,8,10-12H2,1-6H3/b14-9+,19-7+/t15-,16+,18+,21+,22-,23-,25-/m0/s1. The maximum atomic E-state index is 14.0. The highest BCUT2D eigenvalue weighted by atomic mass is 32.1. The van der Waals surface area contributed by atoms with Crippen molar-refractivity contribution in [2.45, 2.75) is 91.7 Å². The lowest BCUT2D eigenvalue weighted by molar-refractivity contribution is -0.154.